The average Bonchev–Trinajstić information content (AvgIpc) is 2.05. The van der Waals surface area contributed by atoms with Gasteiger partial charge in [0.2, 0.25) is 0 Å². The Bertz CT molecular complexity index is 180. The molecule has 1 fully saturated rings. The molecule has 0 aromatic carbocycles. The molecule has 0 saturated heterocycles. The molecular formula is C8H14O4. The highest BCUT2D eigenvalue weighted by atomic mass is 16.5. The van der Waals surface area contributed by atoms with Gasteiger partial charge in [0.05, 0.1) is 6.10 Å². The minimum atomic E-state index is -1.66. The molecule has 2 N–H and O–H groups in total. The molecule has 0 radical (unpaired) electrons. The predicted octanol–water partition coefficient (Wildman–Crippen LogP) is 0.391. The van der Waals surface area contributed by atoms with Crippen LogP contribution in [-0.2, 0) is 9.53 Å². The maximum atomic E-state index is 10.7. The Balaban J connectivity index is 2.75. The van der Waals surface area contributed by atoms with E-state index in [4.69, 9.17) is 9.84 Å². The number of hydrogen-bond donors (Lipinski definition) is 2. The molecule has 0 aliphatic heterocycles. The van der Waals surface area contributed by atoms with Crippen LogP contribution in [0.4, 0.5) is 0 Å². The smallest absolute Gasteiger partial charge is 0.338 e. The minimum absolute atomic E-state index is 0.292. The van der Waals surface area contributed by atoms with Crippen molar-refractivity contribution in [3.63, 3.8) is 0 Å². The summed E-state index contributed by atoms with van der Waals surface area (Å²) in [5.74, 6) is -1.17. The van der Waals surface area contributed by atoms with Gasteiger partial charge in [-0.05, 0) is 19.3 Å². The average molecular weight is 174 g/mol. The molecule has 4 heteroatoms. The van der Waals surface area contributed by atoms with E-state index in [0.29, 0.717) is 12.8 Å². The maximum absolute atomic E-state index is 10.7. The van der Waals surface area contributed by atoms with E-state index in [1.807, 2.05) is 0 Å². The predicted molar refractivity (Wildman–Crippen MR) is 41.9 cm³/mol. The zero-order valence-electron chi connectivity index (χ0n) is 7.12. The Labute approximate surface area is 71.2 Å². The lowest BCUT2D eigenvalue weighted by Gasteiger charge is -2.35. The van der Waals surface area contributed by atoms with Crippen LogP contribution in [-0.4, -0.2) is 35.0 Å². The number of ether oxygens (including phenoxy) is 1. The van der Waals surface area contributed by atoms with Crippen LogP contribution in [0.5, 0.6) is 0 Å². The van der Waals surface area contributed by atoms with E-state index < -0.39 is 17.7 Å². The fraction of sp³-hybridized carbons (Fsp3) is 0.875. The standard InChI is InChI=1S/C8H14O4/c1-12-6-4-2-3-5-8(6,11)7(9)10/h6,11H,2-5H2,1H3,(H,9,10). The molecule has 0 spiro atoms. The first-order valence-electron chi connectivity index (χ1n) is 4.10. The van der Waals surface area contributed by atoms with Gasteiger partial charge in [0, 0.05) is 7.11 Å². The van der Waals surface area contributed by atoms with E-state index in [-0.39, 0.29) is 0 Å². The van der Waals surface area contributed by atoms with Gasteiger partial charge in [-0.2, -0.15) is 0 Å². The third kappa shape index (κ3) is 1.44. The molecule has 1 aliphatic carbocycles. The van der Waals surface area contributed by atoms with E-state index >= 15 is 0 Å². The van der Waals surface area contributed by atoms with E-state index in [1.54, 1.807) is 0 Å². The molecule has 70 valence electrons. The normalized spacial score (nSPS) is 36.3. The summed E-state index contributed by atoms with van der Waals surface area (Å²) in [6, 6.07) is 0. The van der Waals surface area contributed by atoms with Crippen LogP contribution in [0.15, 0.2) is 0 Å². The second-order valence-electron chi connectivity index (χ2n) is 3.20. The number of aliphatic carboxylic acids is 1. The largest absolute Gasteiger partial charge is 0.479 e. The van der Waals surface area contributed by atoms with Crippen molar-refractivity contribution >= 4 is 5.97 Å². The fourth-order valence-corrected chi connectivity index (χ4v) is 1.68. The molecule has 0 heterocycles. The van der Waals surface area contributed by atoms with Gasteiger partial charge in [-0.1, -0.05) is 6.42 Å². The number of rotatable bonds is 2. The molecule has 1 rings (SSSR count). The second-order valence-corrected chi connectivity index (χ2v) is 3.20. The third-order valence-corrected chi connectivity index (χ3v) is 2.46. The summed E-state index contributed by atoms with van der Waals surface area (Å²) in [5.41, 5.74) is -1.66. The van der Waals surface area contributed by atoms with Crippen molar-refractivity contribution < 1.29 is 19.7 Å². The number of methoxy groups -OCH3 is 1. The number of carbonyl (C=O) groups is 1. The monoisotopic (exact) mass is 174 g/mol. The van der Waals surface area contributed by atoms with Crippen LogP contribution in [0, 0.1) is 0 Å². The Kier molecular flexibility index (Phi) is 2.69. The summed E-state index contributed by atoms with van der Waals surface area (Å²) in [4.78, 5) is 10.7. The molecule has 1 saturated carbocycles. The number of hydrogen-bond acceptors (Lipinski definition) is 3. The van der Waals surface area contributed by atoms with Crippen molar-refractivity contribution in [3.05, 3.63) is 0 Å². The van der Waals surface area contributed by atoms with Gasteiger partial charge >= 0.3 is 5.97 Å². The molecule has 12 heavy (non-hydrogen) atoms. The highest BCUT2D eigenvalue weighted by Gasteiger charge is 2.45. The Morgan fingerprint density at radius 1 is 1.58 bits per heavy atom. The second kappa shape index (κ2) is 3.41. The van der Waals surface area contributed by atoms with Crippen LogP contribution in [0.1, 0.15) is 25.7 Å². The number of carboxylic acids is 1. The Morgan fingerprint density at radius 3 is 2.67 bits per heavy atom. The van der Waals surface area contributed by atoms with Crippen molar-refractivity contribution in [2.75, 3.05) is 7.11 Å². The number of carboxylic acid groups (broad SMARTS) is 1. The summed E-state index contributed by atoms with van der Waals surface area (Å²) in [6.07, 6.45) is 2.04. The summed E-state index contributed by atoms with van der Waals surface area (Å²) >= 11 is 0. The van der Waals surface area contributed by atoms with Crippen molar-refractivity contribution in [3.8, 4) is 0 Å². The van der Waals surface area contributed by atoms with E-state index in [0.717, 1.165) is 12.8 Å². The molecule has 0 bridgehead atoms. The fourth-order valence-electron chi connectivity index (χ4n) is 1.68. The Morgan fingerprint density at radius 2 is 2.25 bits per heavy atom. The van der Waals surface area contributed by atoms with Gasteiger partial charge in [0.15, 0.2) is 5.60 Å². The van der Waals surface area contributed by atoms with Crippen molar-refractivity contribution in [2.45, 2.75) is 37.4 Å². The molecule has 2 atom stereocenters. The van der Waals surface area contributed by atoms with Gasteiger partial charge in [-0.25, -0.2) is 4.79 Å². The first-order valence-corrected chi connectivity index (χ1v) is 4.10. The van der Waals surface area contributed by atoms with Gasteiger partial charge < -0.3 is 14.9 Å². The first-order chi connectivity index (χ1) is 5.61. The zero-order chi connectivity index (χ0) is 9.19. The molecule has 4 nitrogen and oxygen atoms in total. The van der Waals surface area contributed by atoms with Gasteiger partial charge in [0.25, 0.3) is 0 Å². The van der Waals surface area contributed by atoms with Crippen LogP contribution >= 0.6 is 0 Å². The molecule has 0 aromatic rings. The Hall–Kier alpha value is -0.610. The molecule has 0 amide bonds. The van der Waals surface area contributed by atoms with Gasteiger partial charge in [-0.3, -0.25) is 0 Å². The lowest BCUT2D eigenvalue weighted by molar-refractivity contribution is -0.180. The van der Waals surface area contributed by atoms with E-state index in [9.17, 15) is 9.90 Å². The SMILES string of the molecule is COC1CCCCC1(O)C(=O)O. The summed E-state index contributed by atoms with van der Waals surface area (Å²) in [5, 5.41) is 18.5. The molecule has 0 aromatic heterocycles. The molecule has 1 aliphatic rings. The number of aliphatic hydroxyl groups is 1. The van der Waals surface area contributed by atoms with Crippen molar-refractivity contribution in [1.82, 2.24) is 0 Å². The highest BCUT2D eigenvalue weighted by Crippen LogP contribution is 2.30. The molecule has 2 unspecified atom stereocenters. The van der Waals surface area contributed by atoms with Crippen molar-refractivity contribution in [1.29, 1.82) is 0 Å². The minimum Gasteiger partial charge on any atom is -0.479 e. The lowest BCUT2D eigenvalue weighted by atomic mass is 9.82. The van der Waals surface area contributed by atoms with Crippen molar-refractivity contribution in [2.24, 2.45) is 0 Å². The third-order valence-electron chi connectivity index (χ3n) is 2.46. The zero-order valence-corrected chi connectivity index (χ0v) is 7.12. The van der Waals surface area contributed by atoms with Crippen LogP contribution in [0.25, 0.3) is 0 Å². The lowest BCUT2D eigenvalue weighted by Crippen LogP contribution is -2.52. The quantitative estimate of drug-likeness (QED) is 0.635. The van der Waals surface area contributed by atoms with Gasteiger partial charge in [-0.15, -0.1) is 0 Å². The highest BCUT2D eigenvalue weighted by molar-refractivity contribution is 5.78. The van der Waals surface area contributed by atoms with Gasteiger partial charge in [0.1, 0.15) is 0 Å². The summed E-state index contributed by atoms with van der Waals surface area (Å²) in [7, 11) is 1.43. The summed E-state index contributed by atoms with van der Waals surface area (Å²) in [6.45, 7) is 0. The first kappa shape index (κ1) is 9.48. The van der Waals surface area contributed by atoms with E-state index in [2.05, 4.69) is 0 Å². The topological polar surface area (TPSA) is 66.8 Å². The van der Waals surface area contributed by atoms with E-state index in [1.165, 1.54) is 7.11 Å². The summed E-state index contributed by atoms with van der Waals surface area (Å²) < 4.78 is 4.94. The maximum Gasteiger partial charge on any atom is 0.338 e. The van der Waals surface area contributed by atoms with Crippen LogP contribution < -0.4 is 0 Å². The molecular weight excluding hydrogens is 160 g/mol. The van der Waals surface area contributed by atoms with Crippen LogP contribution in [0.3, 0.4) is 0 Å². The van der Waals surface area contributed by atoms with Crippen LogP contribution in [0.2, 0.25) is 0 Å².